The second kappa shape index (κ2) is 7.74. The molecular formula is C14H13BrClF2N3O2. The van der Waals surface area contributed by atoms with Crippen molar-refractivity contribution in [1.82, 2.24) is 15.1 Å². The number of hydrogen-bond donors (Lipinski definition) is 1. The van der Waals surface area contributed by atoms with Crippen molar-refractivity contribution in [1.29, 1.82) is 0 Å². The summed E-state index contributed by atoms with van der Waals surface area (Å²) in [4.78, 5) is 12.3. The number of alkyl halides is 2. The summed E-state index contributed by atoms with van der Waals surface area (Å²) in [6, 6.07) is 4.22. The molecule has 0 bridgehead atoms. The lowest BCUT2D eigenvalue weighted by molar-refractivity contribution is -0.0501. The average molecular weight is 409 g/mol. The highest BCUT2D eigenvalue weighted by atomic mass is 79.9. The van der Waals surface area contributed by atoms with Crippen LogP contribution < -0.4 is 10.1 Å². The summed E-state index contributed by atoms with van der Waals surface area (Å²) >= 11 is 9.21. The zero-order chi connectivity index (χ0) is 17.0. The quantitative estimate of drug-likeness (QED) is 0.790. The Morgan fingerprint density at radius 1 is 1.52 bits per heavy atom. The molecule has 1 aromatic carbocycles. The Morgan fingerprint density at radius 3 is 2.91 bits per heavy atom. The van der Waals surface area contributed by atoms with E-state index in [1.807, 2.05) is 6.92 Å². The molecular weight excluding hydrogens is 396 g/mol. The van der Waals surface area contributed by atoms with E-state index in [9.17, 15) is 13.6 Å². The largest absolute Gasteiger partial charge is 0.434 e. The van der Waals surface area contributed by atoms with Gasteiger partial charge in [-0.2, -0.15) is 13.9 Å². The van der Waals surface area contributed by atoms with Gasteiger partial charge in [-0.05, 0) is 25.1 Å². The Morgan fingerprint density at radius 2 is 2.26 bits per heavy atom. The normalized spacial score (nSPS) is 10.9. The lowest BCUT2D eigenvalue weighted by Crippen LogP contribution is -2.25. The first-order valence-electron chi connectivity index (χ1n) is 6.65. The van der Waals surface area contributed by atoms with Crippen LogP contribution in [0.1, 0.15) is 23.0 Å². The van der Waals surface area contributed by atoms with E-state index in [1.54, 1.807) is 4.68 Å². The van der Waals surface area contributed by atoms with Gasteiger partial charge in [0.15, 0.2) is 0 Å². The molecule has 0 atom stereocenters. The number of halogens is 4. The van der Waals surface area contributed by atoms with Crippen LogP contribution >= 0.6 is 27.5 Å². The third-order valence-corrected chi connectivity index (χ3v) is 3.82. The minimum absolute atomic E-state index is 0.00152. The average Bonchev–Trinajstić information content (AvgIpc) is 2.86. The molecule has 23 heavy (non-hydrogen) atoms. The lowest BCUT2D eigenvalue weighted by atomic mass is 10.2. The van der Waals surface area contributed by atoms with Gasteiger partial charge in [-0.3, -0.25) is 9.48 Å². The van der Waals surface area contributed by atoms with Crippen molar-refractivity contribution in [2.24, 2.45) is 0 Å². The SMILES string of the molecule is CCn1ncc(Cl)c1CNC(=O)c1cc(Br)ccc1OC(F)F. The Bertz CT molecular complexity index is 709. The van der Waals surface area contributed by atoms with Crippen LogP contribution in [0.5, 0.6) is 5.75 Å². The Kier molecular flexibility index (Phi) is 5.95. The molecule has 1 amide bonds. The number of aryl methyl sites for hydroxylation is 1. The van der Waals surface area contributed by atoms with E-state index in [1.165, 1.54) is 24.4 Å². The Labute approximate surface area is 144 Å². The molecule has 0 spiro atoms. The van der Waals surface area contributed by atoms with E-state index in [0.717, 1.165) is 0 Å². The molecule has 0 saturated heterocycles. The molecule has 0 fully saturated rings. The first-order chi connectivity index (χ1) is 10.9. The molecule has 0 radical (unpaired) electrons. The first-order valence-corrected chi connectivity index (χ1v) is 7.82. The molecule has 0 saturated carbocycles. The van der Waals surface area contributed by atoms with Crippen molar-refractivity contribution < 1.29 is 18.3 Å². The summed E-state index contributed by atoms with van der Waals surface area (Å²) in [6.07, 6.45) is 1.48. The van der Waals surface area contributed by atoms with Crippen LogP contribution in [-0.4, -0.2) is 22.3 Å². The third kappa shape index (κ3) is 4.42. The van der Waals surface area contributed by atoms with Gasteiger partial charge < -0.3 is 10.1 Å². The van der Waals surface area contributed by atoms with Crippen molar-refractivity contribution in [3.8, 4) is 5.75 Å². The van der Waals surface area contributed by atoms with Crippen LogP contribution in [0.4, 0.5) is 8.78 Å². The molecule has 2 rings (SSSR count). The number of rotatable bonds is 6. The maximum Gasteiger partial charge on any atom is 0.387 e. The number of hydrogen-bond acceptors (Lipinski definition) is 3. The molecule has 0 aliphatic carbocycles. The van der Waals surface area contributed by atoms with E-state index in [2.05, 4.69) is 31.1 Å². The maximum absolute atomic E-state index is 12.4. The second-order valence-corrected chi connectivity index (χ2v) is 5.78. The molecule has 0 aliphatic rings. The van der Waals surface area contributed by atoms with Crippen molar-refractivity contribution in [2.45, 2.75) is 26.6 Å². The van der Waals surface area contributed by atoms with Crippen molar-refractivity contribution in [3.63, 3.8) is 0 Å². The monoisotopic (exact) mass is 407 g/mol. The fraction of sp³-hybridized carbons (Fsp3) is 0.286. The molecule has 9 heteroatoms. The number of aromatic nitrogens is 2. The summed E-state index contributed by atoms with van der Waals surface area (Å²) < 4.78 is 31.4. The minimum Gasteiger partial charge on any atom is -0.434 e. The van der Waals surface area contributed by atoms with Crippen LogP contribution in [0.2, 0.25) is 5.02 Å². The number of amides is 1. The zero-order valence-corrected chi connectivity index (χ0v) is 14.4. The Balaban J connectivity index is 2.17. The summed E-state index contributed by atoms with van der Waals surface area (Å²) in [5.74, 6) is -0.752. The third-order valence-electron chi connectivity index (χ3n) is 3.02. The molecule has 1 N–H and O–H groups in total. The van der Waals surface area contributed by atoms with Gasteiger partial charge in [-0.25, -0.2) is 0 Å². The highest BCUT2D eigenvalue weighted by Crippen LogP contribution is 2.25. The van der Waals surface area contributed by atoms with Crippen LogP contribution in [-0.2, 0) is 13.1 Å². The lowest BCUT2D eigenvalue weighted by Gasteiger charge is -2.12. The summed E-state index contributed by atoms with van der Waals surface area (Å²) in [6.45, 7) is -0.420. The number of nitrogens with one attached hydrogen (secondary N) is 1. The second-order valence-electron chi connectivity index (χ2n) is 4.46. The van der Waals surface area contributed by atoms with Crippen LogP contribution in [0, 0.1) is 0 Å². The minimum atomic E-state index is -3.02. The zero-order valence-electron chi connectivity index (χ0n) is 12.0. The predicted molar refractivity (Wildman–Crippen MR) is 84.9 cm³/mol. The molecule has 1 heterocycles. The van der Waals surface area contributed by atoms with Gasteiger partial charge in [0.2, 0.25) is 0 Å². The molecule has 124 valence electrons. The topological polar surface area (TPSA) is 56.2 Å². The molecule has 0 aliphatic heterocycles. The van der Waals surface area contributed by atoms with Crippen LogP contribution in [0.25, 0.3) is 0 Å². The first kappa shape index (κ1) is 17.7. The number of carbonyl (C=O) groups excluding carboxylic acids is 1. The standard InChI is InChI=1S/C14H13BrClF2N3O2/c1-2-21-11(10(16)6-20-21)7-19-13(22)9-5-8(15)3-4-12(9)23-14(17)18/h3-6,14H,2,7H2,1H3,(H,19,22). The number of nitrogens with zero attached hydrogens (tertiary/aromatic N) is 2. The van der Waals surface area contributed by atoms with Crippen molar-refractivity contribution in [3.05, 3.63) is 45.1 Å². The van der Waals surface area contributed by atoms with Gasteiger partial charge in [-0.1, -0.05) is 27.5 Å². The van der Waals surface area contributed by atoms with Gasteiger partial charge >= 0.3 is 6.61 Å². The fourth-order valence-electron chi connectivity index (χ4n) is 1.97. The smallest absolute Gasteiger partial charge is 0.387 e. The number of carbonyl (C=O) groups is 1. The predicted octanol–water partition coefficient (Wildman–Crippen LogP) is 3.85. The van der Waals surface area contributed by atoms with E-state index >= 15 is 0 Å². The molecule has 5 nitrogen and oxygen atoms in total. The molecule has 0 unspecified atom stereocenters. The van der Waals surface area contributed by atoms with Crippen LogP contribution in [0.15, 0.2) is 28.9 Å². The highest BCUT2D eigenvalue weighted by molar-refractivity contribution is 9.10. The van der Waals surface area contributed by atoms with Gasteiger partial charge in [-0.15, -0.1) is 0 Å². The maximum atomic E-state index is 12.4. The van der Waals surface area contributed by atoms with Crippen LogP contribution in [0.3, 0.4) is 0 Å². The van der Waals surface area contributed by atoms with Gasteiger partial charge in [0.05, 0.1) is 29.0 Å². The van der Waals surface area contributed by atoms with Gasteiger partial charge in [0.1, 0.15) is 5.75 Å². The number of ether oxygens (including phenoxy) is 1. The van der Waals surface area contributed by atoms with E-state index in [0.29, 0.717) is 21.7 Å². The summed E-state index contributed by atoms with van der Waals surface area (Å²) in [7, 11) is 0. The van der Waals surface area contributed by atoms with Crippen molar-refractivity contribution >= 4 is 33.4 Å². The van der Waals surface area contributed by atoms with Gasteiger partial charge in [0.25, 0.3) is 5.91 Å². The molecule has 2 aromatic rings. The van der Waals surface area contributed by atoms with E-state index < -0.39 is 12.5 Å². The summed E-state index contributed by atoms with van der Waals surface area (Å²) in [5, 5.41) is 7.11. The van der Waals surface area contributed by atoms with Crippen molar-refractivity contribution in [2.75, 3.05) is 0 Å². The van der Waals surface area contributed by atoms with E-state index in [4.69, 9.17) is 11.6 Å². The van der Waals surface area contributed by atoms with Gasteiger partial charge in [0, 0.05) is 11.0 Å². The highest BCUT2D eigenvalue weighted by Gasteiger charge is 2.17. The number of benzene rings is 1. The summed E-state index contributed by atoms with van der Waals surface area (Å²) in [5.41, 5.74) is 0.632. The Hall–Kier alpha value is -1.67. The fourth-order valence-corrected chi connectivity index (χ4v) is 2.54. The van der Waals surface area contributed by atoms with E-state index in [-0.39, 0.29) is 17.9 Å². The molecule has 1 aromatic heterocycles.